The van der Waals surface area contributed by atoms with Crippen molar-refractivity contribution in [3.63, 3.8) is 0 Å². The van der Waals surface area contributed by atoms with Crippen LogP contribution in [0.2, 0.25) is 0 Å². The van der Waals surface area contributed by atoms with Gasteiger partial charge in [0.15, 0.2) is 5.84 Å². The Balaban J connectivity index is 1.38. The van der Waals surface area contributed by atoms with E-state index in [9.17, 15) is 5.26 Å². The summed E-state index contributed by atoms with van der Waals surface area (Å²) in [4.78, 5) is 14.6. The molecule has 2 heterocycles. The second kappa shape index (κ2) is 10.3. The van der Waals surface area contributed by atoms with Gasteiger partial charge in [0.1, 0.15) is 0 Å². The SMILES string of the molecule is CC(C)Cc1ccc(C2=NC(c3ccc(CN4CC(CN(C)C)C4)c4ccccc34)=NC2)cc1C#N. The molecule has 2 aliphatic heterocycles. The van der Waals surface area contributed by atoms with E-state index >= 15 is 0 Å². The molecule has 2 aliphatic rings. The lowest BCUT2D eigenvalue weighted by Gasteiger charge is -2.40. The highest BCUT2D eigenvalue weighted by atomic mass is 15.2. The van der Waals surface area contributed by atoms with Gasteiger partial charge in [-0.25, -0.2) is 4.99 Å². The summed E-state index contributed by atoms with van der Waals surface area (Å²) in [7, 11) is 4.30. The van der Waals surface area contributed by atoms with Crippen molar-refractivity contribution in [2.45, 2.75) is 26.8 Å². The molecule has 0 unspecified atom stereocenters. The minimum atomic E-state index is 0.513. The van der Waals surface area contributed by atoms with Crippen molar-refractivity contribution >= 4 is 22.3 Å². The first-order chi connectivity index (χ1) is 17.4. The summed E-state index contributed by atoms with van der Waals surface area (Å²) < 4.78 is 0. The van der Waals surface area contributed by atoms with Gasteiger partial charge in [0.05, 0.1) is 23.9 Å². The Morgan fingerprint density at radius 1 is 1.03 bits per heavy atom. The summed E-state index contributed by atoms with van der Waals surface area (Å²) in [5.41, 5.74) is 6.20. The molecule has 1 fully saturated rings. The smallest absolute Gasteiger partial charge is 0.155 e. The second-order valence-electron chi connectivity index (χ2n) is 10.9. The molecule has 5 heteroatoms. The summed E-state index contributed by atoms with van der Waals surface area (Å²) in [6, 6.07) is 21.6. The summed E-state index contributed by atoms with van der Waals surface area (Å²) in [6.07, 6.45) is 0.906. The van der Waals surface area contributed by atoms with Crippen molar-refractivity contribution in [1.82, 2.24) is 9.80 Å². The Kier molecular flexibility index (Phi) is 7.00. The van der Waals surface area contributed by atoms with Crippen LogP contribution in [0, 0.1) is 23.2 Å². The third kappa shape index (κ3) is 5.11. The Labute approximate surface area is 214 Å². The molecule has 0 spiro atoms. The zero-order chi connectivity index (χ0) is 25.2. The van der Waals surface area contributed by atoms with E-state index in [1.54, 1.807) is 0 Å². The molecule has 0 aliphatic carbocycles. The average molecular weight is 478 g/mol. The lowest BCUT2D eigenvalue weighted by atomic mass is 9.95. The van der Waals surface area contributed by atoms with Crippen molar-refractivity contribution in [2.75, 3.05) is 40.3 Å². The third-order valence-electron chi connectivity index (χ3n) is 7.12. The molecule has 0 bridgehead atoms. The van der Waals surface area contributed by atoms with Crippen LogP contribution in [0.5, 0.6) is 0 Å². The summed E-state index contributed by atoms with van der Waals surface area (Å²) in [6.45, 7) is 9.36. The Morgan fingerprint density at radius 2 is 1.78 bits per heavy atom. The lowest BCUT2D eigenvalue weighted by Crippen LogP contribution is -2.49. The zero-order valence-corrected chi connectivity index (χ0v) is 21.8. The van der Waals surface area contributed by atoms with Gasteiger partial charge in [-0.3, -0.25) is 9.89 Å². The molecule has 3 aromatic carbocycles. The molecule has 3 aromatic rings. The fraction of sp³-hybridized carbons (Fsp3) is 0.387. The molecule has 36 heavy (non-hydrogen) atoms. The molecule has 5 nitrogen and oxygen atoms in total. The van der Waals surface area contributed by atoms with Gasteiger partial charge >= 0.3 is 0 Å². The van der Waals surface area contributed by atoms with E-state index in [1.807, 2.05) is 6.07 Å². The van der Waals surface area contributed by atoms with Crippen molar-refractivity contribution < 1.29 is 0 Å². The predicted octanol–water partition coefficient (Wildman–Crippen LogP) is 5.15. The summed E-state index contributed by atoms with van der Waals surface area (Å²) in [5, 5.41) is 12.2. The maximum atomic E-state index is 9.69. The second-order valence-corrected chi connectivity index (χ2v) is 10.9. The summed E-state index contributed by atoms with van der Waals surface area (Å²) >= 11 is 0. The number of benzene rings is 3. The number of nitriles is 1. The number of hydrogen-bond acceptors (Lipinski definition) is 5. The Hall–Kier alpha value is -3.33. The maximum absolute atomic E-state index is 9.69. The van der Waals surface area contributed by atoms with Crippen LogP contribution in [0.25, 0.3) is 10.8 Å². The minimum absolute atomic E-state index is 0.513. The number of hydrogen-bond donors (Lipinski definition) is 0. The van der Waals surface area contributed by atoms with Crippen LogP contribution in [-0.4, -0.2) is 61.6 Å². The number of nitrogens with zero attached hydrogens (tertiary/aromatic N) is 5. The fourth-order valence-corrected chi connectivity index (χ4v) is 5.50. The number of fused-ring (bicyclic) bond motifs is 1. The average Bonchev–Trinajstić information content (AvgIpc) is 3.32. The molecule has 0 amide bonds. The Morgan fingerprint density at radius 3 is 2.50 bits per heavy atom. The van der Waals surface area contributed by atoms with Crippen molar-refractivity contribution in [2.24, 2.45) is 21.8 Å². The van der Waals surface area contributed by atoms with Gasteiger partial charge in [-0.05, 0) is 65.9 Å². The summed E-state index contributed by atoms with van der Waals surface area (Å²) in [5.74, 6) is 2.07. The van der Waals surface area contributed by atoms with E-state index in [-0.39, 0.29) is 0 Å². The molecule has 5 rings (SSSR count). The number of rotatable bonds is 8. The molecular weight excluding hydrogens is 442 g/mol. The van der Waals surface area contributed by atoms with Gasteiger partial charge in [-0.2, -0.15) is 5.26 Å². The highest BCUT2D eigenvalue weighted by Gasteiger charge is 2.27. The maximum Gasteiger partial charge on any atom is 0.155 e. The van der Waals surface area contributed by atoms with E-state index in [2.05, 4.69) is 92.3 Å². The van der Waals surface area contributed by atoms with E-state index in [1.165, 1.54) is 16.3 Å². The molecule has 0 atom stereocenters. The van der Waals surface area contributed by atoms with E-state index in [4.69, 9.17) is 9.98 Å². The first-order valence-corrected chi connectivity index (χ1v) is 12.9. The molecule has 0 N–H and O–H groups in total. The molecule has 184 valence electrons. The quantitative estimate of drug-likeness (QED) is 0.451. The number of amidine groups is 1. The highest BCUT2D eigenvalue weighted by molar-refractivity contribution is 6.21. The number of aliphatic imine (C=N–C) groups is 2. The first kappa shape index (κ1) is 24.4. The molecule has 0 radical (unpaired) electrons. The van der Waals surface area contributed by atoms with Crippen molar-refractivity contribution in [3.05, 3.63) is 82.4 Å². The normalized spacial score (nSPS) is 16.4. The van der Waals surface area contributed by atoms with Crippen LogP contribution in [-0.2, 0) is 13.0 Å². The van der Waals surface area contributed by atoms with Crippen LogP contribution >= 0.6 is 0 Å². The zero-order valence-electron chi connectivity index (χ0n) is 21.8. The van der Waals surface area contributed by atoms with Gasteiger partial charge < -0.3 is 4.90 Å². The highest BCUT2D eigenvalue weighted by Crippen LogP contribution is 2.28. The van der Waals surface area contributed by atoms with Crippen LogP contribution in [0.3, 0.4) is 0 Å². The minimum Gasteiger partial charge on any atom is -0.309 e. The van der Waals surface area contributed by atoms with Crippen LogP contribution in [0.15, 0.2) is 64.6 Å². The number of likely N-dealkylation sites (tertiary alicyclic amines) is 1. The van der Waals surface area contributed by atoms with Crippen molar-refractivity contribution in [3.8, 4) is 6.07 Å². The molecule has 0 saturated carbocycles. The molecule has 0 aromatic heterocycles. The predicted molar refractivity (Wildman–Crippen MR) is 149 cm³/mol. The van der Waals surface area contributed by atoms with E-state index in [0.29, 0.717) is 12.5 Å². The Bertz CT molecular complexity index is 1370. The monoisotopic (exact) mass is 477 g/mol. The largest absolute Gasteiger partial charge is 0.309 e. The topological polar surface area (TPSA) is 55.0 Å². The van der Waals surface area contributed by atoms with Gasteiger partial charge in [-0.1, -0.05) is 62.4 Å². The third-order valence-corrected chi connectivity index (χ3v) is 7.12. The molecule has 1 saturated heterocycles. The van der Waals surface area contributed by atoms with Crippen LogP contribution in [0.4, 0.5) is 0 Å². The van der Waals surface area contributed by atoms with Crippen LogP contribution < -0.4 is 0 Å². The van der Waals surface area contributed by atoms with Gasteiger partial charge in [0.25, 0.3) is 0 Å². The standard InChI is InChI=1S/C31H35N5/c1-21(2)13-23-9-10-24(14-26(23)15-32)30-16-33-31(34-30)29-12-11-25(27-7-5-6-8-28(27)29)20-36-18-22(19-36)17-35(3)4/h5-12,14,21-22H,13,16-20H2,1-4H3. The van der Waals surface area contributed by atoms with Crippen LogP contribution in [0.1, 0.15) is 41.7 Å². The fourth-order valence-electron chi connectivity index (χ4n) is 5.50. The molecular formula is C31H35N5. The first-order valence-electron chi connectivity index (χ1n) is 12.9. The van der Waals surface area contributed by atoms with Gasteiger partial charge in [0, 0.05) is 31.7 Å². The lowest BCUT2D eigenvalue weighted by molar-refractivity contribution is 0.0734. The van der Waals surface area contributed by atoms with Gasteiger partial charge in [-0.15, -0.1) is 0 Å². The van der Waals surface area contributed by atoms with E-state index < -0.39 is 0 Å². The van der Waals surface area contributed by atoms with Crippen molar-refractivity contribution in [1.29, 1.82) is 5.26 Å². The van der Waals surface area contributed by atoms with Gasteiger partial charge in [0.2, 0.25) is 0 Å². The van der Waals surface area contributed by atoms with E-state index in [0.717, 1.165) is 72.3 Å².